The van der Waals surface area contributed by atoms with Crippen LogP contribution in [0.2, 0.25) is 0 Å². The molecule has 3 aromatic rings. The minimum absolute atomic E-state index is 0.160. The third kappa shape index (κ3) is 3.90. The van der Waals surface area contributed by atoms with Crippen LogP contribution in [-0.4, -0.2) is 28.1 Å². The van der Waals surface area contributed by atoms with E-state index in [4.69, 9.17) is 0 Å². The van der Waals surface area contributed by atoms with Crippen molar-refractivity contribution < 1.29 is 14.0 Å². The van der Waals surface area contributed by atoms with Crippen molar-refractivity contribution >= 4 is 17.5 Å². The van der Waals surface area contributed by atoms with Gasteiger partial charge in [-0.1, -0.05) is 12.1 Å². The Morgan fingerprint density at radius 3 is 2.38 bits per heavy atom. The second kappa shape index (κ2) is 8.57. The lowest BCUT2D eigenvalue weighted by Gasteiger charge is -2.16. The number of benzene rings is 2. The highest BCUT2D eigenvalue weighted by Crippen LogP contribution is 2.27. The molecular formula is C25H25FN4O2. The Morgan fingerprint density at radius 1 is 0.938 bits per heavy atom. The average Bonchev–Trinajstić information content (AvgIpc) is 3.42. The Bertz CT molecular complexity index is 1150. The maximum absolute atomic E-state index is 13.4. The molecule has 1 aromatic heterocycles. The molecule has 0 spiro atoms. The van der Waals surface area contributed by atoms with E-state index >= 15 is 0 Å². The number of nitrogens with zero attached hydrogens (tertiary/aromatic N) is 3. The van der Waals surface area contributed by atoms with Crippen LogP contribution in [0, 0.1) is 5.82 Å². The minimum Gasteiger partial charge on any atom is -0.347 e. The van der Waals surface area contributed by atoms with E-state index in [-0.39, 0.29) is 17.6 Å². The number of hydrogen-bond donors (Lipinski definition) is 1. The summed E-state index contributed by atoms with van der Waals surface area (Å²) < 4.78 is 15.1. The molecule has 0 unspecified atom stereocenters. The molecule has 164 valence electrons. The van der Waals surface area contributed by atoms with Gasteiger partial charge in [-0.15, -0.1) is 0 Å². The molecule has 2 heterocycles. The highest BCUT2D eigenvalue weighted by molar-refractivity contribution is 5.95. The largest absolute Gasteiger partial charge is 0.347 e. The highest BCUT2D eigenvalue weighted by Gasteiger charge is 2.26. The van der Waals surface area contributed by atoms with Crippen molar-refractivity contribution in [1.29, 1.82) is 0 Å². The number of halogens is 1. The summed E-state index contributed by atoms with van der Waals surface area (Å²) in [6.45, 7) is 1.14. The van der Waals surface area contributed by atoms with Crippen molar-refractivity contribution in [3.05, 3.63) is 76.9 Å². The molecule has 1 aliphatic carbocycles. The van der Waals surface area contributed by atoms with E-state index < -0.39 is 0 Å². The predicted octanol–water partition coefficient (Wildman–Crippen LogP) is 3.95. The molecule has 0 radical (unpaired) electrons. The normalized spacial score (nSPS) is 15.7. The number of rotatable bonds is 5. The molecule has 0 bridgehead atoms. The van der Waals surface area contributed by atoms with Crippen LogP contribution in [0.1, 0.15) is 53.0 Å². The zero-order valence-corrected chi connectivity index (χ0v) is 17.8. The number of aromatic nitrogens is 2. The van der Waals surface area contributed by atoms with Crippen molar-refractivity contribution in [2.24, 2.45) is 0 Å². The van der Waals surface area contributed by atoms with E-state index in [9.17, 15) is 14.0 Å². The number of carbonyl (C=O) groups is 2. The third-order valence-electron chi connectivity index (χ3n) is 6.24. The Kier molecular flexibility index (Phi) is 5.47. The van der Waals surface area contributed by atoms with Crippen LogP contribution in [-0.2, 0) is 24.2 Å². The zero-order valence-electron chi connectivity index (χ0n) is 17.8. The summed E-state index contributed by atoms with van der Waals surface area (Å²) >= 11 is 0. The molecule has 7 heteroatoms. The van der Waals surface area contributed by atoms with Gasteiger partial charge >= 0.3 is 0 Å². The van der Waals surface area contributed by atoms with Gasteiger partial charge in [0.1, 0.15) is 5.82 Å². The number of nitrogens with one attached hydrogen (secondary N) is 1. The van der Waals surface area contributed by atoms with Crippen LogP contribution < -0.4 is 10.2 Å². The number of carbonyl (C=O) groups excluding carboxylic acids is 2. The molecule has 2 amide bonds. The van der Waals surface area contributed by atoms with E-state index in [1.165, 1.54) is 12.1 Å². The van der Waals surface area contributed by atoms with Gasteiger partial charge in [-0.2, -0.15) is 5.10 Å². The molecule has 5 rings (SSSR count). The quantitative estimate of drug-likeness (QED) is 0.664. The summed E-state index contributed by atoms with van der Waals surface area (Å²) in [5.41, 5.74) is 5.09. The van der Waals surface area contributed by atoms with E-state index in [1.807, 2.05) is 24.3 Å². The smallest absolute Gasteiger partial charge is 0.272 e. The van der Waals surface area contributed by atoms with Gasteiger partial charge in [0.15, 0.2) is 5.69 Å². The first-order valence-corrected chi connectivity index (χ1v) is 11.1. The van der Waals surface area contributed by atoms with E-state index in [0.29, 0.717) is 18.7 Å². The highest BCUT2D eigenvalue weighted by atomic mass is 19.1. The first-order chi connectivity index (χ1) is 15.6. The van der Waals surface area contributed by atoms with Crippen molar-refractivity contribution in [3.63, 3.8) is 0 Å². The van der Waals surface area contributed by atoms with Gasteiger partial charge < -0.3 is 10.2 Å². The van der Waals surface area contributed by atoms with E-state index in [0.717, 1.165) is 66.8 Å². The summed E-state index contributed by atoms with van der Waals surface area (Å²) in [7, 11) is 0. The monoisotopic (exact) mass is 432 g/mol. The Morgan fingerprint density at radius 2 is 1.66 bits per heavy atom. The molecule has 2 aromatic carbocycles. The van der Waals surface area contributed by atoms with Crippen LogP contribution in [0.3, 0.4) is 0 Å². The topological polar surface area (TPSA) is 67.2 Å². The maximum atomic E-state index is 13.4. The molecule has 1 fully saturated rings. The Labute approximate surface area is 186 Å². The molecule has 0 saturated carbocycles. The second-order valence-corrected chi connectivity index (χ2v) is 8.37. The zero-order chi connectivity index (χ0) is 22.1. The molecule has 1 N–H and O–H groups in total. The molecular weight excluding hydrogens is 407 g/mol. The molecule has 0 atom stereocenters. The predicted molar refractivity (Wildman–Crippen MR) is 119 cm³/mol. The molecule has 32 heavy (non-hydrogen) atoms. The summed E-state index contributed by atoms with van der Waals surface area (Å²) in [6, 6.07) is 13.9. The van der Waals surface area contributed by atoms with E-state index in [1.54, 1.807) is 21.7 Å². The van der Waals surface area contributed by atoms with Crippen LogP contribution in [0.15, 0.2) is 48.5 Å². The number of amides is 2. The summed E-state index contributed by atoms with van der Waals surface area (Å²) in [5, 5.41) is 7.60. The number of hydrogen-bond acceptors (Lipinski definition) is 3. The summed E-state index contributed by atoms with van der Waals surface area (Å²) in [5.74, 6) is -0.344. The Hall–Kier alpha value is -3.48. The summed E-state index contributed by atoms with van der Waals surface area (Å²) in [6.07, 6.45) is 5.24. The first kappa shape index (κ1) is 20.4. The molecule has 2 aliphatic rings. The van der Waals surface area contributed by atoms with Gasteiger partial charge in [0, 0.05) is 36.5 Å². The fraction of sp³-hybridized carbons (Fsp3) is 0.320. The lowest BCUT2D eigenvalue weighted by Crippen LogP contribution is -2.25. The maximum Gasteiger partial charge on any atom is 0.272 e. The fourth-order valence-corrected chi connectivity index (χ4v) is 4.56. The van der Waals surface area contributed by atoms with Crippen molar-refractivity contribution in [3.8, 4) is 5.69 Å². The van der Waals surface area contributed by atoms with Crippen LogP contribution in [0.25, 0.3) is 5.69 Å². The lowest BCUT2D eigenvalue weighted by molar-refractivity contribution is -0.117. The first-order valence-electron chi connectivity index (χ1n) is 11.1. The van der Waals surface area contributed by atoms with Gasteiger partial charge in [0.05, 0.1) is 5.69 Å². The number of anilines is 1. The van der Waals surface area contributed by atoms with Gasteiger partial charge in [0.2, 0.25) is 5.91 Å². The Balaban J connectivity index is 1.32. The minimum atomic E-state index is -0.298. The van der Waals surface area contributed by atoms with Gasteiger partial charge in [-0.25, -0.2) is 9.07 Å². The van der Waals surface area contributed by atoms with Crippen molar-refractivity contribution in [2.75, 3.05) is 11.4 Å². The summed E-state index contributed by atoms with van der Waals surface area (Å²) in [4.78, 5) is 26.7. The molecule has 1 aliphatic heterocycles. The third-order valence-corrected chi connectivity index (χ3v) is 6.24. The number of fused-ring (bicyclic) bond motifs is 1. The van der Waals surface area contributed by atoms with Gasteiger partial charge in [-0.05, 0) is 74.1 Å². The van der Waals surface area contributed by atoms with Crippen molar-refractivity contribution in [1.82, 2.24) is 15.1 Å². The molecule has 6 nitrogen and oxygen atoms in total. The lowest BCUT2D eigenvalue weighted by atomic mass is 9.95. The SMILES string of the molecule is O=C(NCc1ccc(N2CCCC2=O)cc1)c1nn(-c2ccc(F)cc2)c2c1CCCC2. The van der Waals surface area contributed by atoms with Crippen LogP contribution >= 0.6 is 0 Å². The van der Waals surface area contributed by atoms with E-state index in [2.05, 4.69) is 10.4 Å². The van der Waals surface area contributed by atoms with Crippen molar-refractivity contribution in [2.45, 2.75) is 45.1 Å². The standard InChI is InChI=1S/C25H25FN4O2/c26-18-9-13-20(14-10-18)30-22-5-2-1-4-21(22)24(28-30)25(32)27-16-17-7-11-19(12-8-17)29-15-3-6-23(29)31/h7-14H,1-6,15-16H2,(H,27,32). The average molecular weight is 432 g/mol. The van der Waals surface area contributed by atoms with Crippen LogP contribution in [0.5, 0.6) is 0 Å². The van der Waals surface area contributed by atoms with Crippen LogP contribution in [0.4, 0.5) is 10.1 Å². The fourth-order valence-electron chi connectivity index (χ4n) is 4.56. The second-order valence-electron chi connectivity index (χ2n) is 8.37. The molecule has 1 saturated heterocycles. The van der Waals surface area contributed by atoms with Gasteiger partial charge in [-0.3, -0.25) is 9.59 Å². The van der Waals surface area contributed by atoms with Gasteiger partial charge in [0.25, 0.3) is 5.91 Å².